The Hall–Kier alpha value is -4.24. The second-order valence-corrected chi connectivity index (χ2v) is 7.77. The second-order valence-electron chi connectivity index (χ2n) is 6.82. The van der Waals surface area contributed by atoms with Gasteiger partial charge in [-0.25, -0.2) is 9.48 Å². The SMILES string of the molecule is COc1ccc(C(=O)NC(=O)COC(=O)c2cc(-c3cccs3)nn2-c2ccccc2)cc1. The van der Waals surface area contributed by atoms with Gasteiger partial charge >= 0.3 is 5.97 Å². The molecule has 0 bridgehead atoms. The summed E-state index contributed by atoms with van der Waals surface area (Å²) >= 11 is 1.49. The highest BCUT2D eigenvalue weighted by Crippen LogP contribution is 2.26. The van der Waals surface area contributed by atoms with Gasteiger partial charge in [0.2, 0.25) is 0 Å². The molecule has 9 heteroatoms. The van der Waals surface area contributed by atoms with E-state index in [1.54, 1.807) is 18.2 Å². The number of benzene rings is 2. The number of ether oxygens (including phenoxy) is 2. The van der Waals surface area contributed by atoms with E-state index in [9.17, 15) is 14.4 Å². The van der Waals surface area contributed by atoms with Crippen molar-refractivity contribution in [3.8, 4) is 22.0 Å². The minimum atomic E-state index is -0.742. The molecule has 8 nitrogen and oxygen atoms in total. The Morgan fingerprint density at radius 2 is 1.76 bits per heavy atom. The second kappa shape index (κ2) is 9.92. The lowest BCUT2D eigenvalue weighted by Gasteiger charge is -2.08. The summed E-state index contributed by atoms with van der Waals surface area (Å²) in [7, 11) is 1.51. The normalized spacial score (nSPS) is 10.5. The van der Waals surface area contributed by atoms with Gasteiger partial charge in [0, 0.05) is 11.6 Å². The Bertz CT molecular complexity index is 1270. The number of nitrogens with one attached hydrogen (secondary N) is 1. The van der Waals surface area contributed by atoms with Crippen LogP contribution in [0, 0.1) is 0 Å². The van der Waals surface area contributed by atoms with Gasteiger partial charge in [0.25, 0.3) is 11.8 Å². The van der Waals surface area contributed by atoms with Gasteiger partial charge in [-0.15, -0.1) is 11.3 Å². The number of hydrogen-bond donors (Lipinski definition) is 1. The molecule has 2 aromatic heterocycles. The van der Waals surface area contributed by atoms with E-state index in [1.807, 2.05) is 47.8 Å². The number of para-hydroxylation sites is 1. The fraction of sp³-hybridized carbons (Fsp3) is 0.0833. The Kier molecular flexibility index (Phi) is 6.61. The van der Waals surface area contributed by atoms with Crippen molar-refractivity contribution in [3.63, 3.8) is 0 Å². The molecule has 0 aliphatic rings. The average molecular weight is 461 g/mol. The average Bonchev–Trinajstić information content (AvgIpc) is 3.53. The zero-order chi connectivity index (χ0) is 23.2. The van der Waals surface area contributed by atoms with Crippen LogP contribution in [-0.4, -0.2) is 41.3 Å². The van der Waals surface area contributed by atoms with E-state index in [0.717, 1.165) is 4.88 Å². The summed E-state index contributed by atoms with van der Waals surface area (Å²) in [5.41, 5.74) is 1.73. The van der Waals surface area contributed by atoms with Crippen LogP contribution >= 0.6 is 11.3 Å². The van der Waals surface area contributed by atoms with Crippen molar-refractivity contribution in [3.05, 3.63) is 89.4 Å². The van der Waals surface area contributed by atoms with E-state index in [-0.39, 0.29) is 11.3 Å². The maximum Gasteiger partial charge on any atom is 0.357 e. The van der Waals surface area contributed by atoms with Gasteiger partial charge in [-0.3, -0.25) is 14.9 Å². The molecule has 33 heavy (non-hydrogen) atoms. The van der Waals surface area contributed by atoms with E-state index in [1.165, 1.54) is 35.3 Å². The quantitative estimate of drug-likeness (QED) is 0.421. The Balaban J connectivity index is 1.45. The molecule has 4 rings (SSSR count). The molecular weight excluding hydrogens is 442 g/mol. The largest absolute Gasteiger partial charge is 0.497 e. The van der Waals surface area contributed by atoms with Gasteiger partial charge in [-0.2, -0.15) is 5.10 Å². The highest BCUT2D eigenvalue weighted by Gasteiger charge is 2.21. The van der Waals surface area contributed by atoms with Crippen LogP contribution in [0.4, 0.5) is 0 Å². The molecule has 0 radical (unpaired) electrons. The number of imide groups is 1. The van der Waals surface area contributed by atoms with Crippen molar-refractivity contribution < 1.29 is 23.9 Å². The van der Waals surface area contributed by atoms with Crippen LogP contribution in [0.1, 0.15) is 20.8 Å². The highest BCUT2D eigenvalue weighted by molar-refractivity contribution is 7.13. The number of aromatic nitrogens is 2. The van der Waals surface area contributed by atoms with Crippen LogP contribution in [0.15, 0.2) is 78.2 Å². The first kappa shape index (κ1) is 22.0. The maximum absolute atomic E-state index is 12.8. The van der Waals surface area contributed by atoms with Crippen LogP contribution in [0.25, 0.3) is 16.3 Å². The lowest BCUT2D eigenvalue weighted by molar-refractivity contribution is -0.123. The molecular formula is C24H19N3O5S. The molecule has 0 saturated heterocycles. The first-order valence-electron chi connectivity index (χ1n) is 9.90. The molecule has 0 aliphatic carbocycles. The summed E-state index contributed by atoms with van der Waals surface area (Å²) in [5, 5.41) is 8.65. The van der Waals surface area contributed by atoms with Gasteiger partial charge in [0.05, 0.1) is 17.7 Å². The van der Waals surface area contributed by atoms with Crippen LogP contribution in [0.5, 0.6) is 5.75 Å². The van der Waals surface area contributed by atoms with E-state index in [4.69, 9.17) is 9.47 Å². The van der Waals surface area contributed by atoms with Crippen molar-refractivity contribution in [2.24, 2.45) is 0 Å². The predicted molar refractivity (Wildman–Crippen MR) is 123 cm³/mol. The Morgan fingerprint density at radius 1 is 1.00 bits per heavy atom. The smallest absolute Gasteiger partial charge is 0.357 e. The van der Waals surface area contributed by atoms with Crippen LogP contribution in [-0.2, 0) is 9.53 Å². The monoisotopic (exact) mass is 461 g/mol. The van der Waals surface area contributed by atoms with Gasteiger partial charge in [0.1, 0.15) is 11.4 Å². The molecule has 1 N–H and O–H groups in total. The molecule has 0 spiro atoms. The molecule has 0 saturated carbocycles. The number of amides is 2. The van der Waals surface area contributed by atoms with Crippen molar-refractivity contribution >= 4 is 29.1 Å². The summed E-state index contributed by atoms with van der Waals surface area (Å²) < 4.78 is 11.7. The number of hydrogen-bond acceptors (Lipinski definition) is 7. The number of methoxy groups -OCH3 is 1. The van der Waals surface area contributed by atoms with Gasteiger partial charge in [-0.1, -0.05) is 24.3 Å². The highest BCUT2D eigenvalue weighted by atomic mass is 32.1. The Morgan fingerprint density at radius 3 is 2.42 bits per heavy atom. The molecule has 2 heterocycles. The summed E-state index contributed by atoms with van der Waals surface area (Å²) in [4.78, 5) is 38.1. The van der Waals surface area contributed by atoms with E-state index in [2.05, 4.69) is 10.4 Å². The molecule has 166 valence electrons. The van der Waals surface area contributed by atoms with E-state index in [0.29, 0.717) is 17.1 Å². The number of carbonyl (C=O) groups is 3. The Labute approximate surface area is 193 Å². The molecule has 0 atom stereocenters. The van der Waals surface area contributed by atoms with Crippen molar-refractivity contribution in [1.82, 2.24) is 15.1 Å². The molecule has 2 aromatic carbocycles. The van der Waals surface area contributed by atoms with Gasteiger partial charge < -0.3 is 9.47 Å². The summed E-state index contributed by atoms with van der Waals surface area (Å²) in [6, 6.07) is 20.8. The fourth-order valence-corrected chi connectivity index (χ4v) is 3.70. The lowest BCUT2D eigenvalue weighted by atomic mass is 10.2. The lowest BCUT2D eigenvalue weighted by Crippen LogP contribution is -2.34. The zero-order valence-electron chi connectivity index (χ0n) is 17.6. The molecule has 0 fully saturated rings. The third-order valence-corrected chi connectivity index (χ3v) is 5.52. The predicted octanol–water partition coefficient (Wildman–Crippen LogP) is 3.72. The minimum absolute atomic E-state index is 0.166. The molecule has 4 aromatic rings. The van der Waals surface area contributed by atoms with Crippen molar-refractivity contribution in [2.75, 3.05) is 13.7 Å². The first-order chi connectivity index (χ1) is 16.0. The molecule has 0 aliphatic heterocycles. The number of rotatable bonds is 7. The van der Waals surface area contributed by atoms with E-state index >= 15 is 0 Å². The van der Waals surface area contributed by atoms with E-state index < -0.39 is 24.4 Å². The summed E-state index contributed by atoms with van der Waals surface area (Å²) in [6.45, 7) is -0.616. The van der Waals surface area contributed by atoms with Gasteiger partial charge in [0.15, 0.2) is 12.3 Å². The third-order valence-electron chi connectivity index (χ3n) is 4.63. The first-order valence-corrected chi connectivity index (χ1v) is 10.8. The maximum atomic E-state index is 12.8. The van der Waals surface area contributed by atoms with Crippen LogP contribution < -0.4 is 10.1 Å². The molecule has 2 amide bonds. The third kappa shape index (κ3) is 5.16. The van der Waals surface area contributed by atoms with Crippen LogP contribution in [0.3, 0.4) is 0 Å². The fourth-order valence-electron chi connectivity index (χ4n) is 3.02. The number of esters is 1. The van der Waals surface area contributed by atoms with Crippen LogP contribution in [0.2, 0.25) is 0 Å². The number of thiophene rings is 1. The van der Waals surface area contributed by atoms with Crippen molar-refractivity contribution in [2.45, 2.75) is 0 Å². The number of carbonyl (C=O) groups excluding carboxylic acids is 3. The van der Waals surface area contributed by atoms with Crippen molar-refractivity contribution in [1.29, 1.82) is 0 Å². The summed E-state index contributed by atoms with van der Waals surface area (Å²) in [6.07, 6.45) is 0. The van der Waals surface area contributed by atoms with Gasteiger partial charge in [-0.05, 0) is 47.8 Å². The standard InChI is InChI=1S/C24H19N3O5S/c1-31-18-11-9-16(10-12-18)23(29)25-22(28)15-32-24(30)20-14-19(21-8-5-13-33-21)26-27(20)17-6-3-2-4-7-17/h2-14H,15H2,1H3,(H,25,28,29). The zero-order valence-corrected chi connectivity index (χ0v) is 18.4. The topological polar surface area (TPSA) is 99.5 Å². The summed E-state index contributed by atoms with van der Waals surface area (Å²) in [5.74, 6) is -1.49. The minimum Gasteiger partial charge on any atom is -0.497 e. The number of nitrogens with zero attached hydrogens (tertiary/aromatic N) is 2. The molecule has 0 unspecified atom stereocenters.